The molecule has 1 heterocycles. The molecule has 1 atom stereocenters. The smallest absolute Gasteiger partial charge is 0.234 e. The van der Waals surface area contributed by atoms with Gasteiger partial charge in [-0.15, -0.1) is 10.2 Å². The third kappa shape index (κ3) is 6.40. The topological polar surface area (TPSA) is 80.1 Å². The Labute approximate surface area is 177 Å². The maximum absolute atomic E-state index is 12.4. The van der Waals surface area contributed by atoms with Gasteiger partial charge in [0, 0.05) is 17.8 Å². The summed E-state index contributed by atoms with van der Waals surface area (Å²) in [5.41, 5.74) is 1.30. The van der Waals surface area contributed by atoms with Crippen molar-refractivity contribution in [3.8, 4) is 0 Å². The summed E-state index contributed by atoms with van der Waals surface area (Å²) in [5.74, 6) is 1.09. The molecule has 0 aliphatic carbocycles. The molecule has 0 bridgehead atoms. The summed E-state index contributed by atoms with van der Waals surface area (Å²) < 4.78 is 2.15. The standard InChI is InChI=1S/C21H31N5O2S/c1-6-8-13-26-20(18(7-2)25(4)5)23-24-21(26)29-14-19(28)22-17-11-9-16(10-12-17)15(3)27/h9-12,18H,6-8,13-14H2,1-5H3,(H,22,28)/t18-/m1/s1. The van der Waals surface area contributed by atoms with E-state index in [9.17, 15) is 9.59 Å². The summed E-state index contributed by atoms with van der Waals surface area (Å²) in [6.45, 7) is 6.66. The van der Waals surface area contributed by atoms with Crippen molar-refractivity contribution in [3.05, 3.63) is 35.7 Å². The van der Waals surface area contributed by atoms with E-state index in [1.807, 2.05) is 14.1 Å². The second kappa shape index (κ2) is 11.1. The van der Waals surface area contributed by atoms with Gasteiger partial charge in [-0.25, -0.2) is 0 Å². The number of hydrogen-bond donors (Lipinski definition) is 1. The molecule has 0 spiro atoms. The maximum Gasteiger partial charge on any atom is 0.234 e. The molecule has 0 saturated carbocycles. The lowest BCUT2D eigenvalue weighted by molar-refractivity contribution is -0.113. The van der Waals surface area contributed by atoms with E-state index < -0.39 is 0 Å². The number of nitrogens with one attached hydrogen (secondary N) is 1. The fraction of sp³-hybridized carbons (Fsp3) is 0.524. The van der Waals surface area contributed by atoms with Gasteiger partial charge in [-0.1, -0.05) is 32.0 Å². The summed E-state index contributed by atoms with van der Waals surface area (Å²) in [6, 6.07) is 7.10. The molecule has 158 valence electrons. The van der Waals surface area contributed by atoms with Crippen LogP contribution in [0.1, 0.15) is 62.3 Å². The molecule has 2 aromatic rings. The summed E-state index contributed by atoms with van der Waals surface area (Å²) in [6.07, 6.45) is 3.06. The van der Waals surface area contributed by atoms with Crippen molar-refractivity contribution >= 4 is 29.1 Å². The minimum atomic E-state index is -0.114. The van der Waals surface area contributed by atoms with Crippen molar-refractivity contribution in [3.63, 3.8) is 0 Å². The average molecular weight is 418 g/mol. The van der Waals surface area contributed by atoms with Gasteiger partial charge in [0.05, 0.1) is 11.8 Å². The van der Waals surface area contributed by atoms with Crippen molar-refractivity contribution in [2.45, 2.75) is 57.8 Å². The minimum Gasteiger partial charge on any atom is -0.325 e. The average Bonchev–Trinajstić information content (AvgIpc) is 3.07. The first kappa shape index (κ1) is 23.1. The molecule has 29 heavy (non-hydrogen) atoms. The summed E-state index contributed by atoms with van der Waals surface area (Å²) in [7, 11) is 4.09. The number of thioether (sulfide) groups is 1. The van der Waals surface area contributed by atoms with Crippen molar-refractivity contribution in [2.24, 2.45) is 0 Å². The van der Waals surface area contributed by atoms with Gasteiger partial charge in [0.25, 0.3) is 0 Å². The Hall–Kier alpha value is -2.19. The summed E-state index contributed by atoms with van der Waals surface area (Å²) in [4.78, 5) is 25.9. The molecule has 0 fully saturated rings. The van der Waals surface area contributed by atoms with E-state index in [2.05, 4.69) is 38.8 Å². The number of hydrogen-bond acceptors (Lipinski definition) is 6. The number of unbranched alkanes of at least 4 members (excludes halogenated alkanes) is 1. The molecule has 1 aromatic carbocycles. The van der Waals surface area contributed by atoms with Gasteiger partial charge in [-0.3, -0.25) is 14.5 Å². The number of amides is 1. The van der Waals surface area contributed by atoms with Gasteiger partial charge in [-0.2, -0.15) is 0 Å². The highest BCUT2D eigenvalue weighted by molar-refractivity contribution is 7.99. The predicted octanol–water partition coefficient (Wildman–Crippen LogP) is 4.02. The molecule has 1 N–H and O–H groups in total. The summed E-state index contributed by atoms with van der Waals surface area (Å²) >= 11 is 1.40. The monoisotopic (exact) mass is 417 g/mol. The quantitative estimate of drug-likeness (QED) is 0.439. The second-order valence-electron chi connectivity index (χ2n) is 7.20. The zero-order valence-electron chi connectivity index (χ0n) is 17.9. The van der Waals surface area contributed by atoms with Crippen LogP contribution in [-0.4, -0.2) is 51.2 Å². The van der Waals surface area contributed by atoms with Crippen molar-refractivity contribution in [1.82, 2.24) is 19.7 Å². The van der Waals surface area contributed by atoms with E-state index in [-0.39, 0.29) is 23.5 Å². The van der Waals surface area contributed by atoms with Crippen LogP contribution in [0, 0.1) is 0 Å². The van der Waals surface area contributed by atoms with Gasteiger partial charge in [0.2, 0.25) is 5.91 Å². The number of aromatic nitrogens is 3. The number of carbonyl (C=O) groups is 2. The first-order valence-electron chi connectivity index (χ1n) is 10.0. The number of rotatable bonds is 11. The lowest BCUT2D eigenvalue weighted by Gasteiger charge is -2.23. The van der Waals surface area contributed by atoms with E-state index in [0.29, 0.717) is 11.3 Å². The third-order valence-corrected chi connectivity index (χ3v) is 5.66. The SMILES string of the molecule is CCCCn1c(SCC(=O)Nc2ccc(C(C)=O)cc2)nnc1[C@@H](CC)N(C)C. The fourth-order valence-electron chi connectivity index (χ4n) is 3.07. The predicted molar refractivity (Wildman–Crippen MR) is 117 cm³/mol. The van der Waals surface area contributed by atoms with Gasteiger partial charge < -0.3 is 9.88 Å². The molecule has 8 heteroatoms. The number of benzene rings is 1. The molecule has 1 aromatic heterocycles. The van der Waals surface area contributed by atoms with E-state index in [1.165, 1.54) is 18.7 Å². The van der Waals surface area contributed by atoms with Crippen molar-refractivity contribution in [2.75, 3.05) is 25.2 Å². The fourth-order valence-corrected chi connectivity index (χ4v) is 3.85. The molecule has 7 nitrogen and oxygen atoms in total. The maximum atomic E-state index is 12.4. The Balaban J connectivity index is 2.05. The van der Waals surface area contributed by atoms with Crippen LogP contribution in [-0.2, 0) is 11.3 Å². The first-order chi connectivity index (χ1) is 13.9. The number of anilines is 1. The Morgan fingerprint density at radius 1 is 1.17 bits per heavy atom. The normalized spacial score (nSPS) is 12.2. The van der Waals surface area contributed by atoms with Crippen LogP contribution >= 0.6 is 11.8 Å². The van der Waals surface area contributed by atoms with Crippen molar-refractivity contribution in [1.29, 1.82) is 0 Å². The number of nitrogens with zero attached hydrogens (tertiary/aromatic N) is 4. The van der Waals surface area contributed by atoms with Gasteiger partial charge in [-0.05, 0) is 58.1 Å². The molecule has 1 amide bonds. The van der Waals surface area contributed by atoms with Gasteiger partial charge in [0.15, 0.2) is 16.8 Å². The molecule has 0 aliphatic heterocycles. The minimum absolute atomic E-state index is 0.00348. The zero-order valence-corrected chi connectivity index (χ0v) is 18.8. The summed E-state index contributed by atoms with van der Waals surface area (Å²) in [5, 5.41) is 12.4. The lowest BCUT2D eigenvalue weighted by atomic mass is 10.1. The molecular weight excluding hydrogens is 386 g/mol. The van der Waals surface area contributed by atoms with E-state index >= 15 is 0 Å². The first-order valence-corrected chi connectivity index (χ1v) is 11.0. The Morgan fingerprint density at radius 3 is 2.41 bits per heavy atom. The van der Waals surface area contributed by atoms with Gasteiger partial charge >= 0.3 is 0 Å². The van der Waals surface area contributed by atoms with E-state index in [0.717, 1.165) is 36.8 Å². The lowest BCUT2D eigenvalue weighted by Crippen LogP contribution is -2.23. The van der Waals surface area contributed by atoms with Crippen LogP contribution in [0.2, 0.25) is 0 Å². The van der Waals surface area contributed by atoms with Crippen LogP contribution in [0.3, 0.4) is 0 Å². The number of carbonyl (C=O) groups excluding carboxylic acids is 2. The van der Waals surface area contributed by atoms with Crippen LogP contribution in [0.4, 0.5) is 5.69 Å². The second-order valence-corrected chi connectivity index (χ2v) is 8.15. The number of ketones is 1. The van der Waals surface area contributed by atoms with Crippen LogP contribution < -0.4 is 5.32 Å². The Kier molecular flexibility index (Phi) is 8.85. The van der Waals surface area contributed by atoms with Gasteiger partial charge in [0.1, 0.15) is 0 Å². The molecular formula is C21H31N5O2S. The zero-order chi connectivity index (χ0) is 21.4. The molecule has 0 saturated heterocycles. The largest absolute Gasteiger partial charge is 0.325 e. The highest BCUT2D eigenvalue weighted by Crippen LogP contribution is 2.26. The highest BCUT2D eigenvalue weighted by Gasteiger charge is 2.22. The Morgan fingerprint density at radius 2 is 1.86 bits per heavy atom. The van der Waals surface area contributed by atoms with Crippen molar-refractivity contribution < 1.29 is 9.59 Å². The third-order valence-electron chi connectivity index (χ3n) is 4.70. The molecule has 2 rings (SSSR count). The highest BCUT2D eigenvalue weighted by atomic mass is 32.2. The van der Waals surface area contributed by atoms with Crippen LogP contribution in [0.5, 0.6) is 0 Å². The number of Topliss-reactive ketones (excluding diaryl/α,β-unsaturated/α-hetero) is 1. The van der Waals surface area contributed by atoms with E-state index in [4.69, 9.17) is 0 Å². The van der Waals surface area contributed by atoms with E-state index in [1.54, 1.807) is 24.3 Å². The molecule has 0 aliphatic rings. The van der Waals surface area contributed by atoms with Crippen LogP contribution in [0.25, 0.3) is 0 Å². The van der Waals surface area contributed by atoms with Crippen LogP contribution in [0.15, 0.2) is 29.4 Å². The molecule has 0 radical (unpaired) electrons. The molecule has 0 unspecified atom stereocenters. The Bertz CT molecular complexity index is 817.